The van der Waals surface area contributed by atoms with Gasteiger partial charge in [0.2, 0.25) is 0 Å². The lowest BCUT2D eigenvalue weighted by Gasteiger charge is -2.30. The third kappa shape index (κ3) is 2.92. The molecule has 0 spiro atoms. The van der Waals surface area contributed by atoms with Crippen LogP contribution in [0.5, 0.6) is 0 Å². The minimum Gasteiger partial charge on any atom is -0.277 e. The number of hydrogen-bond donors (Lipinski definition) is 0. The van der Waals surface area contributed by atoms with Crippen LogP contribution < -0.4 is 0 Å². The lowest BCUT2D eigenvalue weighted by atomic mass is 9.76. The molecule has 0 saturated heterocycles. The topological polar surface area (TPSA) is 12.4 Å². The first kappa shape index (κ1) is 15.6. The molecule has 0 N–H and O–H groups in total. The van der Waals surface area contributed by atoms with Gasteiger partial charge in [-0.3, -0.25) is 4.99 Å². The molecule has 1 unspecified atom stereocenters. The number of fused-ring (bicyclic) bond motifs is 1. The fourth-order valence-corrected chi connectivity index (χ4v) is 4.29. The molecule has 0 bridgehead atoms. The fraction of sp³-hybridized carbons (Fsp3) is 0.435. The zero-order valence-electron chi connectivity index (χ0n) is 14.9. The van der Waals surface area contributed by atoms with Gasteiger partial charge < -0.3 is 0 Å². The van der Waals surface area contributed by atoms with Crippen LogP contribution in [0, 0.1) is 12.8 Å². The van der Waals surface area contributed by atoms with Crippen LogP contribution in [0.4, 0.5) is 0 Å². The highest BCUT2D eigenvalue weighted by Gasteiger charge is 2.30. The molecule has 1 nitrogen and oxygen atoms in total. The van der Waals surface area contributed by atoms with Crippen LogP contribution in [-0.4, -0.2) is 11.8 Å². The van der Waals surface area contributed by atoms with Crippen LogP contribution in [0.3, 0.4) is 0 Å². The molecule has 1 atom stereocenters. The van der Waals surface area contributed by atoms with Gasteiger partial charge in [-0.25, -0.2) is 0 Å². The number of allylic oxidation sites excluding steroid dienone is 3. The molecule has 1 heteroatoms. The summed E-state index contributed by atoms with van der Waals surface area (Å²) < 4.78 is 0. The lowest BCUT2D eigenvalue weighted by molar-refractivity contribution is 0.404. The summed E-state index contributed by atoms with van der Waals surface area (Å²) in [6, 6.07) is 9.18. The Balaban J connectivity index is 1.74. The molecular formula is C23H27N. The van der Waals surface area contributed by atoms with Crippen LogP contribution in [0.1, 0.15) is 56.6 Å². The van der Waals surface area contributed by atoms with E-state index in [-0.39, 0.29) is 6.04 Å². The molecule has 2 aliphatic carbocycles. The monoisotopic (exact) mass is 317 g/mol. The highest BCUT2D eigenvalue weighted by molar-refractivity contribution is 6.00. The molecule has 1 aromatic carbocycles. The quantitative estimate of drug-likeness (QED) is 0.642. The van der Waals surface area contributed by atoms with Gasteiger partial charge in [0.15, 0.2) is 0 Å². The second-order valence-corrected chi connectivity index (χ2v) is 7.44. The van der Waals surface area contributed by atoms with Gasteiger partial charge >= 0.3 is 0 Å². The number of nitrogens with zero attached hydrogens (tertiary/aromatic N) is 1. The number of hydrogen-bond acceptors (Lipinski definition) is 1. The van der Waals surface area contributed by atoms with E-state index in [0.29, 0.717) is 0 Å². The average molecular weight is 317 g/mol. The van der Waals surface area contributed by atoms with Crippen molar-refractivity contribution in [2.24, 2.45) is 10.9 Å². The maximum atomic E-state index is 4.97. The largest absolute Gasteiger partial charge is 0.277 e. The maximum Gasteiger partial charge on any atom is 0.0945 e. The maximum absolute atomic E-state index is 4.97. The van der Waals surface area contributed by atoms with E-state index in [0.717, 1.165) is 12.3 Å². The van der Waals surface area contributed by atoms with Gasteiger partial charge in [0.05, 0.1) is 6.04 Å². The molecule has 1 saturated carbocycles. The van der Waals surface area contributed by atoms with E-state index in [4.69, 9.17) is 4.99 Å². The van der Waals surface area contributed by atoms with E-state index in [1.54, 1.807) is 5.57 Å². The van der Waals surface area contributed by atoms with E-state index in [1.165, 1.54) is 60.1 Å². The van der Waals surface area contributed by atoms with Gasteiger partial charge in [-0.2, -0.15) is 0 Å². The van der Waals surface area contributed by atoms with Crippen LogP contribution in [0.25, 0.3) is 5.57 Å². The van der Waals surface area contributed by atoms with Gasteiger partial charge in [0, 0.05) is 5.71 Å². The smallest absolute Gasteiger partial charge is 0.0945 e. The number of benzene rings is 1. The Morgan fingerprint density at radius 3 is 2.42 bits per heavy atom. The second kappa shape index (κ2) is 6.55. The average Bonchev–Trinajstić information content (AvgIpc) is 3.05. The van der Waals surface area contributed by atoms with Crippen molar-refractivity contribution < 1.29 is 0 Å². The molecule has 1 fully saturated rings. The molecule has 1 heterocycles. The van der Waals surface area contributed by atoms with Gasteiger partial charge in [0.1, 0.15) is 0 Å². The Morgan fingerprint density at radius 2 is 1.71 bits per heavy atom. The molecular weight excluding hydrogens is 290 g/mol. The van der Waals surface area contributed by atoms with Gasteiger partial charge in [-0.1, -0.05) is 62.1 Å². The third-order valence-corrected chi connectivity index (χ3v) is 5.72. The Kier molecular flexibility index (Phi) is 4.26. The molecule has 1 aliphatic heterocycles. The lowest BCUT2D eigenvalue weighted by Crippen LogP contribution is -2.18. The van der Waals surface area contributed by atoms with E-state index in [9.17, 15) is 0 Å². The van der Waals surface area contributed by atoms with E-state index >= 15 is 0 Å². The molecule has 124 valence electrons. The van der Waals surface area contributed by atoms with Gasteiger partial charge in [-0.15, -0.1) is 0 Å². The summed E-state index contributed by atoms with van der Waals surface area (Å²) in [6.45, 7) is 4.36. The van der Waals surface area contributed by atoms with Crippen molar-refractivity contribution in [3.63, 3.8) is 0 Å². The van der Waals surface area contributed by atoms with Crippen molar-refractivity contribution in [1.29, 1.82) is 0 Å². The van der Waals surface area contributed by atoms with Crippen molar-refractivity contribution in [1.82, 2.24) is 0 Å². The molecule has 4 rings (SSSR count). The predicted molar refractivity (Wildman–Crippen MR) is 103 cm³/mol. The predicted octanol–water partition coefficient (Wildman–Crippen LogP) is 6.06. The minimum atomic E-state index is 0.248. The van der Waals surface area contributed by atoms with Gasteiger partial charge in [-0.05, 0) is 66.5 Å². The number of aliphatic imine (C=N–C) groups is 1. The first-order valence-electron chi connectivity index (χ1n) is 9.53. The summed E-state index contributed by atoms with van der Waals surface area (Å²) in [5.74, 6) is 0.730. The van der Waals surface area contributed by atoms with Crippen LogP contribution in [-0.2, 0) is 0 Å². The zero-order chi connectivity index (χ0) is 16.5. The standard InChI is InChI=1S/C23H27N/c1-3-20-15-22-21(18-7-5-4-6-8-18)13-19(14-23(22)24-20)17-11-9-16(2)10-12-17/h9-15,18,23H,3-8H2,1-2H3. The minimum absolute atomic E-state index is 0.248. The highest BCUT2D eigenvalue weighted by atomic mass is 14.8. The molecule has 0 amide bonds. The number of rotatable bonds is 3. The van der Waals surface area contributed by atoms with Crippen molar-refractivity contribution in [2.75, 3.05) is 0 Å². The first-order chi connectivity index (χ1) is 11.7. The van der Waals surface area contributed by atoms with Crippen molar-refractivity contribution in [2.45, 2.75) is 58.4 Å². The molecule has 3 aliphatic rings. The van der Waals surface area contributed by atoms with Crippen LogP contribution in [0.2, 0.25) is 0 Å². The Hall–Kier alpha value is -1.89. The summed E-state index contributed by atoms with van der Waals surface area (Å²) in [5.41, 5.74) is 8.32. The number of aryl methyl sites for hydroxylation is 1. The van der Waals surface area contributed by atoms with E-state index in [1.807, 2.05) is 0 Å². The van der Waals surface area contributed by atoms with Crippen LogP contribution in [0.15, 0.2) is 58.6 Å². The van der Waals surface area contributed by atoms with E-state index < -0.39 is 0 Å². The summed E-state index contributed by atoms with van der Waals surface area (Å²) in [4.78, 5) is 4.97. The zero-order valence-corrected chi connectivity index (χ0v) is 14.9. The fourth-order valence-electron chi connectivity index (χ4n) is 4.29. The SMILES string of the molecule is CCC1=NC2C=C(c3ccc(C)cc3)C=C(C3CCCCC3)C2=C1. The third-order valence-electron chi connectivity index (χ3n) is 5.72. The second-order valence-electron chi connectivity index (χ2n) is 7.44. The molecule has 0 radical (unpaired) electrons. The highest BCUT2D eigenvalue weighted by Crippen LogP contribution is 2.42. The molecule has 0 aromatic heterocycles. The van der Waals surface area contributed by atoms with E-state index in [2.05, 4.69) is 56.3 Å². The summed E-state index contributed by atoms with van der Waals surface area (Å²) in [6.07, 6.45) is 15.1. The first-order valence-corrected chi connectivity index (χ1v) is 9.53. The van der Waals surface area contributed by atoms with Crippen molar-refractivity contribution >= 4 is 11.3 Å². The van der Waals surface area contributed by atoms with Crippen molar-refractivity contribution in [3.8, 4) is 0 Å². The summed E-state index contributed by atoms with van der Waals surface area (Å²) in [7, 11) is 0. The Labute approximate surface area is 145 Å². The molecule has 1 aromatic rings. The Bertz CT molecular complexity index is 737. The normalized spacial score (nSPS) is 24.0. The Morgan fingerprint density at radius 1 is 0.958 bits per heavy atom. The van der Waals surface area contributed by atoms with Crippen LogP contribution >= 0.6 is 0 Å². The summed E-state index contributed by atoms with van der Waals surface area (Å²) in [5, 5.41) is 0. The summed E-state index contributed by atoms with van der Waals surface area (Å²) >= 11 is 0. The van der Waals surface area contributed by atoms with Crippen molar-refractivity contribution in [3.05, 3.63) is 64.8 Å². The molecule has 24 heavy (non-hydrogen) atoms. The van der Waals surface area contributed by atoms with Gasteiger partial charge in [0.25, 0.3) is 0 Å².